The maximum Gasteiger partial charge on any atom is 0.272 e. The van der Waals surface area contributed by atoms with E-state index in [0.717, 1.165) is 44.1 Å². The number of amides is 1. The highest BCUT2D eigenvalue weighted by Gasteiger charge is 2.21. The average molecular weight is 289 g/mol. The number of hydrogen-bond acceptors (Lipinski definition) is 3. The molecule has 1 atom stereocenters. The van der Waals surface area contributed by atoms with Gasteiger partial charge in [0.25, 0.3) is 5.91 Å². The Morgan fingerprint density at radius 1 is 1.33 bits per heavy atom. The van der Waals surface area contributed by atoms with E-state index in [1.807, 2.05) is 24.0 Å². The molecule has 116 valence electrons. The number of aromatic nitrogens is 1. The number of pyridine rings is 1. The molecule has 1 aromatic rings. The summed E-state index contributed by atoms with van der Waals surface area (Å²) in [7, 11) is 0. The van der Waals surface area contributed by atoms with E-state index in [4.69, 9.17) is 0 Å². The Morgan fingerprint density at radius 2 is 2.19 bits per heavy atom. The van der Waals surface area contributed by atoms with Crippen LogP contribution in [0.5, 0.6) is 0 Å². The Balaban J connectivity index is 1.95. The van der Waals surface area contributed by atoms with Gasteiger partial charge in [0.15, 0.2) is 0 Å². The van der Waals surface area contributed by atoms with E-state index in [0.29, 0.717) is 5.69 Å². The number of anilines is 1. The number of hydrogen-bond donors (Lipinski definition) is 1. The maximum atomic E-state index is 12.5. The Bertz CT molecular complexity index is 444. The number of carbonyl (C=O) groups is 1. The summed E-state index contributed by atoms with van der Waals surface area (Å²) in [5.74, 6) is 0.868. The summed E-state index contributed by atoms with van der Waals surface area (Å²) >= 11 is 0. The normalized spacial score (nSPS) is 19.1. The fraction of sp³-hybridized carbons (Fsp3) is 0.647. The lowest BCUT2D eigenvalue weighted by Gasteiger charge is -2.20. The number of rotatable bonds is 5. The molecular weight excluding hydrogens is 262 g/mol. The van der Waals surface area contributed by atoms with Crippen molar-refractivity contribution in [2.75, 3.05) is 25.0 Å². The van der Waals surface area contributed by atoms with Gasteiger partial charge in [-0.15, -0.1) is 0 Å². The lowest BCUT2D eigenvalue weighted by atomic mass is 9.96. The molecule has 1 unspecified atom stereocenters. The third-order valence-corrected chi connectivity index (χ3v) is 4.20. The molecule has 1 saturated heterocycles. The molecule has 4 nitrogen and oxygen atoms in total. The smallest absolute Gasteiger partial charge is 0.272 e. The van der Waals surface area contributed by atoms with Crippen molar-refractivity contribution in [3.05, 3.63) is 24.0 Å². The summed E-state index contributed by atoms with van der Waals surface area (Å²) in [6, 6.07) is 3.76. The Morgan fingerprint density at radius 3 is 2.86 bits per heavy atom. The second-order valence-electron chi connectivity index (χ2n) is 5.84. The van der Waals surface area contributed by atoms with Crippen LogP contribution < -0.4 is 5.32 Å². The first-order chi connectivity index (χ1) is 10.2. The Labute approximate surface area is 127 Å². The predicted molar refractivity (Wildman–Crippen MR) is 86.6 cm³/mol. The van der Waals surface area contributed by atoms with Crippen LogP contribution in [0.2, 0.25) is 0 Å². The van der Waals surface area contributed by atoms with Gasteiger partial charge >= 0.3 is 0 Å². The quantitative estimate of drug-likeness (QED) is 0.901. The van der Waals surface area contributed by atoms with Gasteiger partial charge in [-0.05, 0) is 44.2 Å². The van der Waals surface area contributed by atoms with Gasteiger partial charge in [0.05, 0.1) is 11.9 Å². The number of likely N-dealkylation sites (tertiary alicyclic amines) is 1. The van der Waals surface area contributed by atoms with Crippen molar-refractivity contribution in [1.29, 1.82) is 0 Å². The van der Waals surface area contributed by atoms with Crippen LogP contribution in [0.1, 0.15) is 56.4 Å². The topological polar surface area (TPSA) is 45.2 Å². The molecule has 0 aromatic carbocycles. The summed E-state index contributed by atoms with van der Waals surface area (Å²) in [5.41, 5.74) is 1.53. The molecule has 0 radical (unpaired) electrons. The maximum absolute atomic E-state index is 12.5. The van der Waals surface area contributed by atoms with Crippen molar-refractivity contribution in [2.45, 2.75) is 46.0 Å². The molecule has 2 heterocycles. The molecule has 0 aliphatic carbocycles. The summed E-state index contributed by atoms with van der Waals surface area (Å²) in [6.45, 7) is 6.89. The predicted octanol–water partition coefficient (Wildman–Crippen LogP) is 3.56. The van der Waals surface area contributed by atoms with E-state index >= 15 is 0 Å². The number of nitrogens with zero attached hydrogens (tertiary/aromatic N) is 2. The van der Waals surface area contributed by atoms with Gasteiger partial charge in [0, 0.05) is 19.6 Å². The van der Waals surface area contributed by atoms with Crippen LogP contribution in [0.25, 0.3) is 0 Å². The molecule has 1 amide bonds. The van der Waals surface area contributed by atoms with Gasteiger partial charge in [-0.2, -0.15) is 0 Å². The minimum absolute atomic E-state index is 0.0789. The van der Waals surface area contributed by atoms with Crippen molar-refractivity contribution < 1.29 is 4.79 Å². The zero-order valence-corrected chi connectivity index (χ0v) is 13.3. The average Bonchev–Trinajstić information content (AvgIpc) is 2.74. The van der Waals surface area contributed by atoms with E-state index in [-0.39, 0.29) is 5.91 Å². The molecule has 1 aromatic heterocycles. The molecule has 2 rings (SSSR count). The van der Waals surface area contributed by atoms with Crippen LogP contribution in [-0.2, 0) is 0 Å². The Hall–Kier alpha value is -1.58. The third kappa shape index (κ3) is 4.45. The first-order valence-electron chi connectivity index (χ1n) is 8.23. The molecule has 1 aliphatic rings. The van der Waals surface area contributed by atoms with Crippen LogP contribution in [0.4, 0.5) is 5.69 Å². The van der Waals surface area contributed by atoms with E-state index < -0.39 is 0 Å². The third-order valence-electron chi connectivity index (χ3n) is 4.20. The lowest BCUT2D eigenvalue weighted by molar-refractivity contribution is 0.0754. The first kappa shape index (κ1) is 15.8. The molecule has 1 aliphatic heterocycles. The second-order valence-corrected chi connectivity index (χ2v) is 5.84. The molecule has 0 spiro atoms. The molecule has 0 saturated carbocycles. The molecular formula is C17H27N3O. The van der Waals surface area contributed by atoms with Crippen molar-refractivity contribution in [3.63, 3.8) is 0 Å². The van der Waals surface area contributed by atoms with Crippen LogP contribution in [0, 0.1) is 5.92 Å². The fourth-order valence-corrected chi connectivity index (χ4v) is 3.06. The number of carbonyl (C=O) groups excluding carboxylic acids is 1. The molecule has 0 bridgehead atoms. The first-order valence-corrected chi connectivity index (χ1v) is 8.23. The van der Waals surface area contributed by atoms with Crippen LogP contribution in [0.15, 0.2) is 18.3 Å². The molecule has 21 heavy (non-hydrogen) atoms. The minimum atomic E-state index is 0.0789. The molecule has 1 fully saturated rings. The fourth-order valence-electron chi connectivity index (χ4n) is 3.06. The summed E-state index contributed by atoms with van der Waals surface area (Å²) in [5, 5.41) is 3.20. The largest absolute Gasteiger partial charge is 0.384 e. The van der Waals surface area contributed by atoms with Gasteiger partial charge in [-0.25, -0.2) is 4.98 Å². The van der Waals surface area contributed by atoms with Crippen molar-refractivity contribution >= 4 is 11.6 Å². The molecule has 1 N–H and O–H groups in total. The highest BCUT2D eigenvalue weighted by atomic mass is 16.2. The van der Waals surface area contributed by atoms with Crippen LogP contribution >= 0.6 is 0 Å². The second kappa shape index (κ2) is 8.01. The zero-order valence-electron chi connectivity index (χ0n) is 13.3. The van der Waals surface area contributed by atoms with Crippen LogP contribution in [-0.4, -0.2) is 35.4 Å². The van der Waals surface area contributed by atoms with E-state index in [9.17, 15) is 4.79 Å². The van der Waals surface area contributed by atoms with Gasteiger partial charge in [-0.3, -0.25) is 4.79 Å². The molecule has 4 heteroatoms. The monoisotopic (exact) mass is 289 g/mol. The highest BCUT2D eigenvalue weighted by Crippen LogP contribution is 2.22. The van der Waals surface area contributed by atoms with Crippen molar-refractivity contribution in [3.8, 4) is 0 Å². The van der Waals surface area contributed by atoms with Gasteiger partial charge in [0.1, 0.15) is 5.69 Å². The minimum Gasteiger partial charge on any atom is -0.384 e. The van der Waals surface area contributed by atoms with Gasteiger partial charge < -0.3 is 10.2 Å². The highest BCUT2D eigenvalue weighted by molar-refractivity contribution is 5.92. The summed E-state index contributed by atoms with van der Waals surface area (Å²) < 4.78 is 0. The summed E-state index contributed by atoms with van der Waals surface area (Å²) in [4.78, 5) is 18.8. The SMILES string of the molecule is CCCC1CCCN(C(=O)c2ccc(NCC)cn2)CC1. The summed E-state index contributed by atoms with van der Waals surface area (Å²) in [6.07, 6.45) is 7.78. The van der Waals surface area contributed by atoms with Crippen molar-refractivity contribution in [2.24, 2.45) is 5.92 Å². The lowest BCUT2D eigenvalue weighted by Crippen LogP contribution is -2.32. The number of nitrogens with one attached hydrogen (secondary N) is 1. The van der Waals surface area contributed by atoms with E-state index in [1.165, 1.54) is 19.3 Å². The standard InChI is InChI=1S/C17H27N3O/c1-3-6-14-7-5-11-20(12-10-14)17(21)16-9-8-15(13-19-16)18-4-2/h8-9,13-14,18H,3-7,10-12H2,1-2H3. The van der Waals surface area contributed by atoms with Gasteiger partial charge in [-0.1, -0.05) is 19.8 Å². The van der Waals surface area contributed by atoms with E-state index in [2.05, 4.69) is 17.2 Å². The Kier molecular flexibility index (Phi) is 6.03. The van der Waals surface area contributed by atoms with Crippen molar-refractivity contribution in [1.82, 2.24) is 9.88 Å². The zero-order chi connectivity index (χ0) is 15.1. The van der Waals surface area contributed by atoms with Crippen LogP contribution in [0.3, 0.4) is 0 Å². The van der Waals surface area contributed by atoms with Gasteiger partial charge in [0.2, 0.25) is 0 Å². The van der Waals surface area contributed by atoms with E-state index in [1.54, 1.807) is 6.20 Å².